The van der Waals surface area contributed by atoms with Crippen LogP contribution in [0.3, 0.4) is 0 Å². The number of carbonyl (C=O) groups is 1. The quantitative estimate of drug-likeness (QED) is 0.853. The summed E-state index contributed by atoms with van der Waals surface area (Å²) in [6.07, 6.45) is 3.51. The predicted molar refractivity (Wildman–Crippen MR) is 64.1 cm³/mol. The molecule has 1 atom stereocenters. The molecule has 4 nitrogen and oxygen atoms in total. The highest BCUT2D eigenvalue weighted by atomic mass is 32.1. The Hall–Kier alpha value is -0.940. The van der Waals surface area contributed by atoms with Gasteiger partial charge in [0.1, 0.15) is 5.01 Å². The van der Waals surface area contributed by atoms with Crippen molar-refractivity contribution in [1.82, 2.24) is 9.88 Å². The molecule has 0 bridgehead atoms. The molecule has 1 amide bonds. The topological polar surface area (TPSA) is 59.2 Å². The molecule has 88 valence electrons. The van der Waals surface area contributed by atoms with Crippen molar-refractivity contribution in [3.05, 3.63) is 16.1 Å². The number of thiazole rings is 1. The highest BCUT2D eigenvalue weighted by Gasteiger charge is 2.28. The monoisotopic (exact) mass is 239 g/mol. The van der Waals surface area contributed by atoms with Crippen LogP contribution in [0.5, 0.6) is 0 Å². The Morgan fingerprint density at radius 3 is 3.06 bits per heavy atom. The van der Waals surface area contributed by atoms with Gasteiger partial charge in [-0.25, -0.2) is 4.98 Å². The zero-order valence-electron chi connectivity index (χ0n) is 9.48. The van der Waals surface area contributed by atoms with Gasteiger partial charge in [0.2, 0.25) is 5.91 Å². The van der Waals surface area contributed by atoms with E-state index in [-0.39, 0.29) is 5.91 Å². The van der Waals surface area contributed by atoms with Gasteiger partial charge in [0.25, 0.3) is 0 Å². The molecule has 2 rings (SSSR count). The zero-order valence-corrected chi connectivity index (χ0v) is 10.3. The minimum Gasteiger partial charge on any atom is -0.336 e. The number of aromatic nitrogens is 1. The van der Waals surface area contributed by atoms with Crippen LogP contribution in [-0.4, -0.2) is 28.9 Å². The normalized spacial score (nSPS) is 20.8. The summed E-state index contributed by atoms with van der Waals surface area (Å²) in [4.78, 5) is 19.1. The predicted octanol–water partition coefficient (Wildman–Crippen LogP) is 1.01. The summed E-state index contributed by atoms with van der Waals surface area (Å²) in [6, 6.07) is 0. The summed E-state index contributed by atoms with van der Waals surface area (Å²) in [6.45, 7) is 4.15. The molecule has 2 N–H and O–H groups in total. The Labute approximate surface area is 99.5 Å². The van der Waals surface area contributed by atoms with Gasteiger partial charge in [-0.3, -0.25) is 4.79 Å². The third-order valence-corrected chi connectivity index (χ3v) is 4.03. The largest absolute Gasteiger partial charge is 0.336 e. The van der Waals surface area contributed by atoms with Crippen molar-refractivity contribution >= 4 is 17.2 Å². The number of nitrogens with zero attached hydrogens (tertiary/aromatic N) is 2. The van der Waals surface area contributed by atoms with Gasteiger partial charge in [0, 0.05) is 24.0 Å². The zero-order chi connectivity index (χ0) is 11.5. The van der Waals surface area contributed by atoms with Crippen LogP contribution < -0.4 is 5.73 Å². The smallest absolute Gasteiger partial charge is 0.223 e. The number of rotatable bonds is 4. The lowest BCUT2D eigenvalue weighted by molar-refractivity contribution is -0.128. The Morgan fingerprint density at radius 2 is 2.50 bits per heavy atom. The molecular weight excluding hydrogens is 222 g/mol. The fourth-order valence-electron chi connectivity index (χ4n) is 1.91. The number of hydrogen-bond donors (Lipinski definition) is 1. The third-order valence-electron chi connectivity index (χ3n) is 2.90. The molecule has 0 saturated carbocycles. The first-order valence-electron chi connectivity index (χ1n) is 5.64. The second kappa shape index (κ2) is 4.93. The summed E-state index contributed by atoms with van der Waals surface area (Å²) < 4.78 is 0. The summed E-state index contributed by atoms with van der Waals surface area (Å²) in [7, 11) is 0. The fourth-order valence-corrected chi connectivity index (χ4v) is 2.79. The second-order valence-corrected chi connectivity index (χ2v) is 5.35. The van der Waals surface area contributed by atoms with Gasteiger partial charge in [-0.15, -0.1) is 11.3 Å². The molecule has 0 spiro atoms. The lowest BCUT2D eigenvalue weighted by Gasteiger charge is -2.14. The molecule has 1 fully saturated rings. The van der Waals surface area contributed by atoms with E-state index in [0.717, 1.165) is 18.0 Å². The number of hydrogen-bond acceptors (Lipinski definition) is 4. The minimum absolute atomic E-state index is 0.212. The molecule has 1 aliphatic rings. The van der Waals surface area contributed by atoms with E-state index in [2.05, 4.69) is 11.9 Å². The summed E-state index contributed by atoms with van der Waals surface area (Å²) >= 11 is 1.69. The van der Waals surface area contributed by atoms with Crippen LogP contribution in [0.2, 0.25) is 0 Å². The molecule has 16 heavy (non-hydrogen) atoms. The Bertz CT molecular complexity index is 377. The molecule has 1 aliphatic heterocycles. The van der Waals surface area contributed by atoms with E-state index >= 15 is 0 Å². The van der Waals surface area contributed by atoms with Crippen molar-refractivity contribution in [2.24, 2.45) is 11.7 Å². The lowest BCUT2D eigenvalue weighted by Crippen LogP contribution is -2.25. The summed E-state index contributed by atoms with van der Waals surface area (Å²) in [5.74, 6) is 0.543. The molecule has 5 heteroatoms. The van der Waals surface area contributed by atoms with Crippen LogP contribution in [-0.2, 0) is 17.8 Å². The first-order valence-corrected chi connectivity index (χ1v) is 6.46. The standard InChI is InChI=1S/C11H17N3OS/c1-2-9-5-13-10(16-9)7-14-6-8(4-12)3-11(14)15/h5,8H,2-4,6-7,12H2,1H3. The van der Waals surface area contributed by atoms with Crippen LogP contribution in [0.4, 0.5) is 0 Å². The van der Waals surface area contributed by atoms with E-state index in [1.165, 1.54) is 4.88 Å². The van der Waals surface area contributed by atoms with E-state index in [4.69, 9.17) is 5.73 Å². The number of nitrogens with two attached hydrogens (primary N) is 1. The van der Waals surface area contributed by atoms with Crippen LogP contribution in [0.25, 0.3) is 0 Å². The van der Waals surface area contributed by atoms with Gasteiger partial charge in [0.05, 0.1) is 6.54 Å². The minimum atomic E-state index is 0.212. The van der Waals surface area contributed by atoms with Gasteiger partial charge >= 0.3 is 0 Å². The van der Waals surface area contributed by atoms with Gasteiger partial charge in [0.15, 0.2) is 0 Å². The highest BCUT2D eigenvalue weighted by molar-refractivity contribution is 7.11. The Kier molecular flexibility index (Phi) is 3.56. The first kappa shape index (κ1) is 11.5. The van der Waals surface area contributed by atoms with Crippen molar-refractivity contribution < 1.29 is 4.79 Å². The Balaban J connectivity index is 1.97. The fraction of sp³-hybridized carbons (Fsp3) is 0.636. The third kappa shape index (κ3) is 2.41. The van der Waals surface area contributed by atoms with Crippen molar-refractivity contribution in [1.29, 1.82) is 0 Å². The van der Waals surface area contributed by atoms with Crippen LogP contribution in [0.15, 0.2) is 6.20 Å². The van der Waals surface area contributed by atoms with E-state index in [9.17, 15) is 4.79 Å². The highest BCUT2D eigenvalue weighted by Crippen LogP contribution is 2.21. The van der Waals surface area contributed by atoms with Gasteiger partial charge in [-0.2, -0.15) is 0 Å². The molecule has 0 aromatic carbocycles. The van der Waals surface area contributed by atoms with E-state index in [1.54, 1.807) is 11.3 Å². The van der Waals surface area contributed by atoms with E-state index in [1.807, 2.05) is 11.1 Å². The molecule has 0 radical (unpaired) electrons. The van der Waals surface area contributed by atoms with Gasteiger partial charge < -0.3 is 10.6 Å². The van der Waals surface area contributed by atoms with Crippen molar-refractivity contribution in [3.8, 4) is 0 Å². The first-order chi connectivity index (χ1) is 7.72. The SMILES string of the molecule is CCc1cnc(CN2CC(CN)CC2=O)s1. The lowest BCUT2D eigenvalue weighted by atomic mass is 10.1. The van der Waals surface area contributed by atoms with Gasteiger partial charge in [-0.05, 0) is 18.9 Å². The number of aryl methyl sites for hydroxylation is 1. The van der Waals surface area contributed by atoms with Crippen molar-refractivity contribution in [3.63, 3.8) is 0 Å². The molecular formula is C11H17N3OS. The number of carbonyl (C=O) groups excluding carboxylic acids is 1. The van der Waals surface area contributed by atoms with Crippen molar-refractivity contribution in [2.45, 2.75) is 26.3 Å². The van der Waals surface area contributed by atoms with Crippen LogP contribution >= 0.6 is 11.3 Å². The second-order valence-electron chi connectivity index (χ2n) is 4.15. The van der Waals surface area contributed by atoms with E-state index < -0.39 is 0 Å². The summed E-state index contributed by atoms with van der Waals surface area (Å²) in [5, 5.41) is 1.03. The molecule has 1 aromatic heterocycles. The van der Waals surface area contributed by atoms with Crippen LogP contribution in [0, 0.1) is 5.92 Å². The number of likely N-dealkylation sites (tertiary alicyclic amines) is 1. The van der Waals surface area contributed by atoms with Crippen LogP contribution in [0.1, 0.15) is 23.2 Å². The van der Waals surface area contributed by atoms with Gasteiger partial charge in [-0.1, -0.05) is 6.92 Å². The molecule has 2 heterocycles. The van der Waals surface area contributed by atoms with E-state index in [0.29, 0.717) is 25.4 Å². The maximum absolute atomic E-state index is 11.7. The maximum atomic E-state index is 11.7. The van der Waals surface area contributed by atoms with Crippen molar-refractivity contribution in [2.75, 3.05) is 13.1 Å². The summed E-state index contributed by atoms with van der Waals surface area (Å²) in [5.41, 5.74) is 5.59. The molecule has 1 saturated heterocycles. The Morgan fingerprint density at radius 1 is 1.69 bits per heavy atom. The number of amides is 1. The average Bonchev–Trinajstić information content (AvgIpc) is 2.87. The molecule has 1 unspecified atom stereocenters. The average molecular weight is 239 g/mol. The molecule has 0 aliphatic carbocycles. The maximum Gasteiger partial charge on any atom is 0.223 e. The molecule has 1 aromatic rings.